The highest BCUT2D eigenvalue weighted by atomic mass is 79.9. The summed E-state index contributed by atoms with van der Waals surface area (Å²) in [7, 11) is 0. The maximum atomic E-state index is 12.1. The summed E-state index contributed by atoms with van der Waals surface area (Å²) < 4.78 is 0. The lowest BCUT2D eigenvalue weighted by Gasteiger charge is -2.24. The molecule has 0 aliphatic heterocycles. The van der Waals surface area contributed by atoms with Gasteiger partial charge < -0.3 is 5.32 Å². The van der Waals surface area contributed by atoms with Crippen LogP contribution in [0.25, 0.3) is 0 Å². The molecule has 100 valence electrons. The van der Waals surface area contributed by atoms with Gasteiger partial charge in [-0.3, -0.25) is 4.79 Å². The maximum absolute atomic E-state index is 12.1. The lowest BCUT2D eigenvalue weighted by molar-refractivity contribution is 0.0935. The average molecular weight is 333 g/mol. The fourth-order valence-electron chi connectivity index (χ4n) is 1.64. The van der Waals surface area contributed by atoms with Gasteiger partial charge in [-0.2, -0.15) is 0 Å². The van der Waals surface area contributed by atoms with Gasteiger partial charge in [0, 0.05) is 22.5 Å². The molecule has 1 rings (SSSR count). The van der Waals surface area contributed by atoms with Crippen LogP contribution >= 0.6 is 27.5 Å². The van der Waals surface area contributed by atoms with Crippen LogP contribution in [-0.4, -0.2) is 17.8 Å². The molecule has 2 nitrogen and oxygen atoms in total. The summed E-state index contributed by atoms with van der Waals surface area (Å²) in [6.45, 7) is 6.84. The molecule has 1 aromatic carbocycles. The normalized spacial score (nSPS) is 11.4. The third kappa shape index (κ3) is 4.62. The minimum absolute atomic E-state index is 0.0354. The van der Waals surface area contributed by atoms with Crippen molar-refractivity contribution in [3.05, 3.63) is 34.3 Å². The van der Waals surface area contributed by atoms with Crippen LogP contribution in [0.5, 0.6) is 0 Å². The number of carbonyl (C=O) groups excluding carboxylic acids is 1. The lowest BCUT2D eigenvalue weighted by atomic mass is 9.90. The van der Waals surface area contributed by atoms with E-state index in [0.717, 1.165) is 17.3 Å². The number of amides is 1. The molecule has 0 aliphatic rings. The van der Waals surface area contributed by atoms with E-state index >= 15 is 0 Å². The summed E-state index contributed by atoms with van der Waals surface area (Å²) in [5.74, 6) is -0.0354. The third-order valence-electron chi connectivity index (χ3n) is 2.93. The molecule has 0 fully saturated rings. The maximum Gasteiger partial charge on any atom is 0.251 e. The molecule has 0 atom stereocenters. The molecule has 0 heterocycles. The van der Waals surface area contributed by atoms with E-state index in [1.807, 2.05) is 6.92 Å². The molecule has 1 aromatic rings. The SMILES string of the molecule is Cc1cc(Cl)ccc1C(=O)NCC(C)(C)CCBr. The minimum atomic E-state index is -0.0354. The predicted octanol–water partition coefficient (Wildman–Crippen LogP) is 4.19. The van der Waals surface area contributed by atoms with Gasteiger partial charge in [0.25, 0.3) is 5.91 Å². The molecule has 0 spiro atoms. The van der Waals surface area contributed by atoms with E-state index < -0.39 is 0 Å². The molecule has 0 saturated carbocycles. The largest absolute Gasteiger partial charge is 0.351 e. The smallest absolute Gasteiger partial charge is 0.251 e. The first-order chi connectivity index (χ1) is 8.35. The highest BCUT2D eigenvalue weighted by molar-refractivity contribution is 9.09. The molecule has 1 amide bonds. The summed E-state index contributed by atoms with van der Waals surface area (Å²) in [6.07, 6.45) is 1.02. The fourth-order valence-corrected chi connectivity index (χ4v) is 2.94. The topological polar surface area (TPSA) is 29.1 Å². The number of halogens is 2. The number of hydrogen-bond donors (Lipinski definition) is 1. The number of aryl methyl sites for hydroxylation is 1. The summed E-state index contributed by atoms with van der Waals surface area (Å²) in [4.78, 5) is 12.1. The van der Waals surface area contributed by atoms with Gasteiger partial charge in [-0.25, -0.2) is 0 Å². The summed E-state index contributed by atoms with van der Waals surface area (Å²) >= 11 is 9.30. The van der Waals surface area contributed by atoms with E-state index in [1.54, 1.807) is 18.2 Å². The highest BCUT2D eigenvalue weighted by Crippen LogP contribution is 2.20. The van der Waals surface area contributed by atoms with Gasteiger partial charge in [0.15, 0.2) is 0 Å². The first-order valence-electron chi connectivity index (χ1n) is 5.96. The van der Waals surface area contributed by atoms with Gasteiger partial charge in [0.05, 0.1) is 0 Å². The first-order valence-corrected chi connectivity index (χ1v) is 7.46. The fraction of sp³-hybridized carbons (Fsp3) is 0.500. The van der Waals surface area contributed by atoms with Crippen molar-refractivity contribution in [3.8, 4) is 0 Å². The number of alkyl halides is 1. The van der Waals surface area contributed by atoms with E-state index in [-0.39, 0.29) is 11.3 Å². The van der Waals surface area contributed by atoms with Crippen LogP contribution in [0.3, 0.4) is 0 Å². The van der Waals surface area contributed by atoms with E-state index in [2.05, 4.69) is 35.1 Å². The number of nitrogens with one attached hydrogen (secondary N) is 1. The Morgan fingerprint density at radius 3 is 2.67 bits per heavy atom. The Bertz CT molecular complexity index is 432. The molecule has 0 radical (unpaired) electrons. The molecule has 0 aromatic heterocycles. The number of benzene rings is 1. The molecular formula is C14H19BrClNO. The Balaban J connectivity index is 2.66. The van der Waals surface area contributed by atoms with Gasteiger partial charge >= 0.3 is 0 Å². The van der Waals surface area contributed by atoms with Crippen molar-refractivity contribution >= 4 is 33.4 Å². The standard InChI is InChI=1S/C14H19BrClNO/c1-10-8-11(16)4-5-12(10)13(18)17-9-14(2,3)6-7-15/h4-5,8H,6-7,9H2,1-3H3,(H,17,18). The van der Waals surface area contributed by atoms with E-state index in [9.17, 15) is 4.79 Å². The van der Waals surface area contributed by atoms with Crippen molar-refractivity contribution in [2.75, 3.05) is 11.9 Å². The number of hydrogen-bond acceptors (Lipinski definition) is 1. The minimum Gasteiger partial charge on any atom is -0.351 e. The summed E-state index contributed by atoms with van der Waals surface area (Å²) in [5.41, 5.74) is 1.69. The molecule has 18 heavy (non-hydrogen) atoms. The number of rotatable bonds is 5. The van der Waals surface area contributed by atoms with Crippen LogP contribution in [0.15, 0.2) is 18.2 Å². The Labute approximate surface area is 122 Å². The Morgan fingerprint density at radius 2 is 2.11 bits per heavy atom. The zero-order chi connectivity index (χ0) is 13.8. The molecular weight excluding hydrogens is 314 g/mol. The van der Waals surface area contributed by atoms with Crippen LogP contribution in [0.2, 0.25) is 5.02 Å². The van der Waals surface area contributed by atoms with Crippen molar-refractivity contribution in [1.29, 1.82) is 0 Å². The average Bonchev–Trinajstić information content (AvgIpc) is 2.26. The quantitative estimate of drug-likeness (QED) is 0.805. The second-order valence-electron chi connectivity index (χ2n) is 5.25. The number of carbonyl (C=O) groups is 1. The van der Waals surface area contributed by atoms with E-state index in [0.29, 0.717) is 17.1 Å². The monoisotopic (exact) mass is 331 g/mol. The van der Waals surface area contributed by atoms with Crippen molar-refractivity contribution in [2.45, 2.75) is 27.2 Å². The van der Waals surface area contributed by atoms with Crippen LogP contribution < -0.4 is 5.32 Å². The molecule has 0 bridgehead atoms. The predicted molar refractivity (Wildman–Crippen MR) is 80.7 cm³/mol. The molecule has 0 unspecified atom stereocenters. The molecule has 1 N–H and O–H groups in total. The first kappa shape index (κ1) is 15.5. The van der Waals surface area contributed by atoms with Gasteiger partial charge in [-0.15, -0.1) is 0 Å². The van der Waals surface area contributed by atoms with E-state index in [4.69, 9.17) is 11.6 Å². The van der Waals surface area contributed by atoms with Crippen molar-refractivity contribution < 1.29 is 4.79 Å². The van der Waals surface area contributed by atoms with Crippen LogP contribution in [0.1, 0.15) is 36.2 Å². The summed E-state index contributed by atoms with van der Waals surface area (Å²) in [5, 5.41) is 4.58. The molecule has 4 heteroatoms. The van der Waals surface area contributed by atoms with Crippen LogP contribution in [0.4, 0.5) is 0 Å². The third-order valence-corrected chi connectivity index (χ3v) is 3.56. The van der Waals surface area contributed by atoms with Gasteiger partial charge in [0.2, 0.25) is 0 Å². The lowest BCUT2D eigenvalue weighted by Crippen LogP contribution is -2.34. The Kier molecular flexibility index (Phi) is 5.67. The second-order valence-corrected chi connectivity index (χ2v) is 6.47. The van der Waals surface area contributed by atoms with Crippen LogP contribution in [0, 0.1) is 12.3 Å². The Morgan fingerprint density at radius 1 is 1.44 bits per heavy atom. The van der Waals surface area contributed by atoms with Crippen molar-refractivity contribution in [2.24, 2.45) is 5.41 Å². The second kappa shape index (κ2) is 6.58. The molecule has 0 saturated heterocycles. The highest BCUT2D eigenvalue weighted by Gasteiger charge is 2.19. The van der Waals surface area contributed by atoms with Crippen LogP contribution in [-0.2, 0) is 0 Å². The zero-order valence-corrected chi connectivity index (χ0v) is 13.4. The summed E-state index contributed by atoms with van der Waals surface area (Å²) in [6, 6.07) is 5.32. The van der Waals surface area contributed by atoms with Gasteiger partial charge in [-0.05, 0) is 42.5 Å². The van der Waals surface area contributed by atoms with Gasteiger partial charge in [0.1, 0.15) is 0 Å². The van der Waals surface area contributed by atoms with Gasteiger partial charge in [-0.1, -0.05) is 41.4 Å². The zero-order valence-electron chi connectivity index (χ0n) is 11.0. The Hall–Kier alpha value is -0.540. The van der Waals surface area contributed by atoms with Crippen molar-refractivity contribution in [3.63, 3.8) is 0 Å². The van der Waals surface area contributed by atoms with E-state index in [1.165, 1.54) is 0 Å². The van der Waals surface area contributed by atoms with Crippen molar-refractivity contribution in [1.82, 2.24) is 5.32 Å². The molecule has 0 aliphatic carbocycles.